The number of carbonyl (C=O) groups excluding carboxylic acids is 1. The van der Waals surface area contributed by atoms with Crippen LogP contribution in [0.2, 0.25) is 5.02 Å². The molecule has 7 heteroatoms. The molecule has 0 aliphatic heterocycles. The van der Waals surface area contributed by atoms with E-state index in [2.05, 4.69) is 20.6 Å². The van der Waals surface area contributed by atoms with Crippen LogP contribution < -0.4 is 10.6 Å². The van der Waals surface area contributed by atoms with Gasteiger partial charge in [0.05, 0.1) is 0 Å². The quantitative estimate of drug-likeness (QED) is 0.671. The second-order valence-electron chi connectivity index (χ2n) is 5.94. The van der Waals surface area contributed by atoms with E-state index in [4.69, 9.17) is 11.6 Å². The van der Waals surface area contributed by atoms with Gasteiger partial charge < -0.3 is 10.6 Å². The molecule has 0 spiro atoms. The first-order valence-electron chi connectivity index (χ1n) is 8.37. The second-order valence-corrected chi connectivity index (χ2v) is 6.38. The Labute approximate surface area is 161 Å². The number of nitrogens with one attached hydrogen (secondary N) is 2. The minimum absolute atomic E-state index is 0.0854. The van der Waals surface area contributed by atoms with Crippen LogP contribution in [0.25, 0.3) is 0 Å². The highest BCUT2D eigenvalue weighted by atomic mass is 35.5. The van der Waals surface area contributed by atoms with Gasteiger partial charge in [0.25, 0.3) is 5.91 Å². The molecule has 1 aromatic heterocycles. The fourth-order valence-corrected chi connectivity index (χ4v) is 2.60. The van der Waals surface area contributed by atoms with Crippen LogP contribution in [0, 0.1) is 12.7 Å². The maximum atomic E-state index is 13.7. The number of aromatic nitrogens is 2. The summed E-state index contributed by atoms with van der Waals surface area (Å²) in [7, 11) is 0. The Morgan fingerprint density at radius 2 is 1.81 bits per heavy atom. The molecule has 0 radical (unpaired) electrons. The molecule has 0 aliphatic carbocycles. The number of hydrogen-bond acceptors (Lipinski definition) is 4. The van der Waals surface area contributed by atoms with Crippen molar-refractivity contribution in [3.63, 3.8) is 0 Å². The summed E-state index contributed by atoms with van der Waals surface area (Å²) in [5.41, 5.74) is 1.66. The maximum Gasteiger partial charge on any atom is 0.270 e. The van der Waals surface area contributed by atoms with Crippen molar-refractivity contribution in [3.8, 4) is 0 Å². The molecule has 3 rings (SSSR count). The number of rotatable bonds is 6. The normalized spacial score (nSPS) is 10.5. The Morgan fingerprint density at radius 3 is 2.56 bits per heavy atom. The molecule has 0 unspecified atom stereocenters. The monoisotopic (exact) mass is 384 g/mol. The highest BCUT2D eigenvalue weighted by molar-refractivity contribution is 6.30. The molecule has 2 aromatic carbocycles. The highest BCUT2D eigenvalue weighted by Gasteiger charge is 2.11. The summed E-state index contributed by atoms with van der Waals surface area (Å²) in [6.45, 7) is 2.33. The van der Waals surface area contributed by atoms with Crippen LogP contribution in [0.1, 0.15) is 27.4 Å². The fourth-order valence-electron chi connectivity index (χ4n) is 2.48. The van der Waals surface area contributed by atoms with Gasteiger partial charge in [-0.05, 0) is 30.7 Å². The van der Waals surface area contributed by atoms with Crippen molar-refractivity contribution in [2.75, 3.05) is 5.32 Å². The van der Waals surface area contributed by atoms with E-state index in [0.717, 1.165) is 5.56 Å². The topological polar surface area (TPSA) is 66.9 Å². The molecule has 3 aromatic rings. The van der Waals surface area contributed by atoms with Gasteiger partial charge in [-0.15, -0.1) is 0 Å². The van der Waals surface area contributed by atoms with Crippen LogP contribution in [0.4, 0.5) is 10.2 Å². The van der Waals surface area contributed by atoms with Crippen molar-refractivity contribution in [3.05, 3.63) is 88.1 Å². The summed E-state index contributed by atoms with van der Waals surface area (Å²) in [5.74, 6) is 0.251. The third kappa shape index (κ3) is 5.24. The van der Waals surface area contributed by atoms with Gasteiger partial charge in [0.2, 0.25) is 0 Å². The maximum absolute atomic E-state index is 13.7. The van der Waals surface area contributed by atoms with Crippen molar-refractivity contribution in [2.45, 2.75) is 20.0 Å². The van der Waals surface area contributed by atoms with E-state index in [1.807, 2.05) is 24.3 Å². The van der Waals surface area contributed by atoms with Gasteiger partial charge in [0.15, 0.2) is 0 Å². The molecular formula is C20H18ClFN4O. The van der Waals surface area contributed by atoms with Gasteiger partial charge in [-0.1, -0.05) is 41.9 Å². The predicted molar refractivity (Wildman–Crippen MR) is 103 cm³/mol. The molecular weight excluding hydrogens is 367 g/mol. The number of nitrogens with zero attached hydrogens (tertiary/aromatic N) is 2. The van der Waals surface area contributed by atoms with Crippen molar-refractivity contribution in [1.82, 2.24) is 15.3 Å². The van der Waals surface area contributed by atoms with Crippen LogP contribution in [0.5, 0.6) is 0 Å². The van der Waals surface area contributed by atoms with Gasteiger partial charge in [-0.25, -0.2) is 14.4 Å². The molecule has 0 bridgehead atoms. The molecule has 0 saturated carbocycles. The number of aryl methyl sites for hydroxylation is 1. The molecule has 5 nitrogen and oxygen atoms in total. The number of halogens is 2. The third-order valence-corrected chi connectivity index (χ3v) is 4.11. The summed E-state index contributed by atoms with van der Waals surface area (Å²) in [4.78, 5) is 20.8. The van der Waals surface area contributed by atoms with Crippen molar-refractivity contribution in [2.24, 2.45) is 0 Å². The number of anilines is 1. The van der Waals surface area contributed by atoms with Crippen LogP contribution in [0.15, 0.2) is 54.6 Å². The lowest BCUT2D eigenvalue weighted by Crippen LogP contribution is -2.25. The van der Waals surface area contributed by atoms with Crippen LogP contribution in [0.3, 0.4) is 0 Å². The predicted octanol–water partition coefficient (Wildman–Crippen LogP) is 4.12. The molecule has 0 aliphatic rings. The summed E-state index contributed by atoms with van der Waals surface area (Å²) in [6, 6.07) is 15.3. The van der Waals surface area contributed by atoms with Gasteiger partial charge in [-0.3, -0.25) is 4.79 Å². The number of benzene rings is 2. The summed E-state index contributed by atoms with van der Waals surface area (Å²) in [6.07, 6.45) is 0. The first kappa shape index (κ1) is 18.8. The molecule has 27 heavy (non-hydrogen) atoms. The Bertz CT molecular complexity index is 947. The fraction of sp³-hybridized carbons (Fsp3) is 0.150. The Balaban J connectivity index is 1.66. The smallest absolute Gasteiger partial charge is 0.270 e. The first-order valence-corrected chi connectivity index (χ1v) is 8.74. The number of hydrogen-bond donors (Lipinski definition) is 2. The first-order chi connectivity index (χ1) is 13.0. The standard InChI is InChI=1S/C20H18ClFN4O/c1-13-25-18(20(27)24-12-15-4-2-3-5-17(15)22)10-19(26-13)23-11-14-6-8-16(21)9-7-14/h2-10H,11-12H2,1H3,(H,24,27)(H,23,25,26). The Kier molecular flexibility index (Phi) is 5.98. The van der Waals surface area contributed by atoms with Gasteiger partial charge in [-0.2, -0.15) is 0 Å². The zero-order valence-corrected chi connectivity index (χ0v) is 15.4. The zero-order chi connectivity index (χ0) is 19.2. The minimum atomic E-state index is -0.390. The lowest BCUT2D eigenvalue weighted by atomic mass is 10.2. The molecule has 138 valence electrons. The van der Waals surface area contributed by atoms with Gasteiger partial charge >= 0.3 is 0 Å². The molecule has 2 N–H and O–H groups in total. The molecule has 0 saturated heterocycles. The molecule has 1 heterocycles. The van der Waals surface area contributed by atoms with Crippen molar-refractivity contribution >= 4 is 23.3 Å². The van der Waals surface area contributed by atoms with E-state index in [0.29, 0.717) is 28.8 Å². The molecule has 0 atom stereocenters. The number of carbonyl (C=O) groups is 1. The summed E-state index contributed by atoms with van der Waals surface area (Å²) < 4.78 is 13.7. The SMILES string of the molecule is Cc1nc(NCc2ccc(Cl)cc2)cc(C(=O)NCc2ccccc2F)n1. The van der Waals surface area contributed by atoms with E-state index in [1.165, 1.54) is 6.07 Å². The summed E-state index contributed by atoms with van der Waals surface area (Å²) in [5, 5.41) is 6.52. The average Bonchev–Trinajstić information content (AvgIpc) is 2.66. The van der Waals surface area contributed by atoms with Crippen LogP contribution in [-0.4, -0.2) is 15.9 Å². The third-order valence-electron chi connectivity index (χ3n) is 3.85. The molecule has 0 fully saturated rings. The Hall–Kier alpha value is -2.99. The lowest BCUT2D eigenvalue weighted by Gasteiger charge is -2.10. The minimum Gasteiger partial charge on any atom is -0.366 e. The van der Waals surface area contributed by atoms with Crippen molar-refractivity contribution < 1.29 is 9.18 Å². The Morgan fingerprint density at radius 1 is 1.07 bits per heavy atom. The van der Waals surface area contributed by atoms with E-state index in [9.17, 15) is 9.18 Å². The zero-order valence-electron chi connectivity index (χ0n) is 14.7. The van der Waals surface area contributed by atoms with Gasteiger partial charge in [0.1, 0.15) is 23.2 Å². The largest absolute Gasteiger partial charge is 0.366 e. The van der Waals surface area contributed by atoms with E-state index >= 15 is 0 Å². The number of amides is 1. The van der Waals surface area contributed by atoms with E-state index in [-0.39, 0.29) is 18.1 Å². The van der Waals surface area contributed by atoms with Gasteiger partial charge in [0, 0.05) is 29.7 Å². The van der Waals surface area contributed by atoms with E-state index in [1.54, 1.807) is 31.2 Å². The van der Waals surface area contributed by atoms with Crippen LogP contribution in [-0.2, 0) is 13.1 Å². The van der Waals surface area contributed by atoms with E-state index < -0.39 is 5.91 Å². The summed E-state index contributed by atoms with van der Waals surface area (Å²) >= 11 is 5.88. The molecule has 1 amide bonds. The van der Waals surface area contributed by atoms with Crippen molar-refractivity contribution in [1.29, 1.82) is 0 Å². The average molecular weight is 385 g/mol. The second kappa shape index (κ2) is 8.60. The lowest BCUT2D eigenvalue weighted by molar-refractivity contribution is 0.0945. The highest BCUT2D eigenvalue weighted by Crippen LogP contribution is 2.13. The van der Waals surface area contributed by atoms with Crippen LogP contribution >= 0.6 is 11.6 Å².